The van der Waals surface area contributed by atoms with Crippen molar-refractivity contribution >= 4 is 6.09 Å². The van der Waals surface area contributed by atoms with Crippen LogP contribution in [-0.4, -0.2) is 44.3 Å². The van der Waals surface area contributed by atoms with Crippen molar-refractivity contribution < 1.29 is 14.3 Å². The second-order valence-corrected chi connectivity index (χ2v) is 5.13. The molecule has 0 bridgehead atoms. The molecule has 1 aromatic rings. The molecule has 1 unspecified atom stereocenters. The second-order valence-electron chi connectivity index (χ2n) is 5.13. The first-order valence-corrected chi connectivity index (χ1v) is 7.53. The van der Waals surface area contributed by atoms with Crippen LogP contribution in [-0.2, 0) is 4.74 Å². The fraction of sp³-hybridized carbons (Fsp3) is 0.562. The number of nitrogens with zero attached hydrogens (tertiary/aromatic N) is 1. The van der Waals surface area contributed by atoms with Gasteiger partial charge in [0.2, 0.25) is 0 Å². The summed E-state index contributed by atoms with van der Waals surface area (Å²) in [6, 6.07) is 8.31. The van der Waals surface area contributed by atoms with E-state index in [4.69, 9.17) is 4.74 Å². The molecule has 1 saturated heterocycles. The quantitative estimate of drug-likeness (QED) is 0.875. The molecule has 1 heterocycles. The molecule has 5 nitrogen and oxygen atoms in total. The molecule has 0 aliphatic carbocycles. The van der Waals surface area contributed by atoms with E-state index in [9.17, 15) is 4.79 Å². The lowest BCUT2D eigenvalue weighted by Crippen LogP contribution is -2.36. The highest BCUT2D eigenvalue weighted by molar-refractivity contribution is 5.66. The fourth-order valence-corrected chi connectivity index (χ4v) is 2.72. The Morgan fingerprint density at radius 3 is 2.52 bits per heavy atom. The van der Waals surface area contributed by atoms with Crippen LogP contribution >= 0.6 is 0 Å². The second kappa shape index (κ2) is 7.88. The maximum atomic E-state index is 11.3. The van der Waals surface area contributed by atoms with E-state index < -0.39 is 0 Å². The molecule has 1 aliphatic rings. The van der Waals surface area contributed by atoms with Crippen molar-refractivity contribution in [1.29, 1.82) is 0 Å². The molecular weight excluding hydrogens is 268 g/mol. The third-order valence-electron chi connectivity index (χ3n) is 3.78. The Balaban J connectivity index is 2.07. The van der Waals surface area contributed by atoms with E-state index in [1.807, 2.05) is 19.1 Å². The number of ether oxygens (including phenoxy) is 2. The molecule has 0 aromatic heterocycles. The van der Waals surface area contributed by atoms with E-state index in [-0.39, 0.29) is 12.1 Å². The Labute approximate surface area is 126 Å². The van der Waals surface area contributed by atoms with E-state index in [2.05, 4.69) is 27.1 Å². The van der Waals surface area contributed by atoms with Crippen LogP contribution < -0.4 is 10.1 Å². The van der Waals surface area contributed by atoms with Crippen LogP contribution in [0.2, 0.25) is 0 Å². The molecule has 2 rings (SSSR count). The summed E-state index contributed by atoms with van der Waals surface area (Å²) in [5.41, 5.74) is 1.19. The smallest absolute Gasteiger partial charge is 0.406 e. The Morgan fingerprint density at radius 1 is 1.29 bits per heavy atom. The number of likely N-dealkylation sites (tertiary alicyclic amines) is 1. The Hall–Kier alpha value is -1.75. The number of methoxy groups -OCH3 is 1. The molecule has 0 radical (unpaired) electrons. The summed E-state index contributed by atoms with van der Waals surface area (Å²) in [6.07, 6.45) is 2.04. The number of rotatable bonds is 6. The third kappa shape index (κ3) is 4.36. The van der Waals surface area contributed by atoms with E-state index in [0.29, 0.717) is 13.2 Å². The van der Waals surface area contributed by atoms with Gasteiger partial charge in [-0.3, -0.25) is 4.90 Å². The van der Waals surface area contributed by atoms with Gasteiger partial charge in [0, 0.05) is 6.54 Å². The molecule has 21 heavy (non-hydrogen) atoms. The molecule has 1 N–H and O–H groups in total. The number of nitrogens with one attached hydrogen (secondary N) is 1. The summed E-state index contributed by atoms with van der Waals surface area (Å²) in [6.45, 7) is 5.34. The zero-order valence-electron chi connectivity index (χ0n) is 12.8. The number of carbonyl (C=O) groups is 1. The van der Waals surface area contributed by atoms with Crippen LogP contribution in [0, 0.1) is 0 Å². The van der Waals surface area contributed by atoms with Crippen LogP contribution in [0.3, 0.4) is 0 Å². The van der Waals surface area contributed by atoms with Gasteiger partial charge in [-0.05, 0) is 50.6 Å². The minimum absolute atomic E-state index is 0.183. The Bertz CT molecular complexity index is 441. The van der Waals surface area contributed by atoms with Crippen LogP contribution in [0.1, 0.15) is 31.4 Å². The highest BCUT2D eigenvalue weighted by Gasteiger charge is 2.24. The van der Waals surface area contributed by atoms with Gasteiger partial charge in [-0.2, -0.15) is 0 Å². The lowest BCUT2D eigenvalue weighted by atomic mass is 10.1. The average molecular weight is 292 g/mol. The van der Waals surface area contributed by atoms with Crippen LogP contribution in [0.4, 0.5) is 4.79 Å². The van der Waals surface area contributed by atoms with Crippen molar-refractivity contribution in [2.75, 3.05) is 33.4 Å². The number of alkyl carbamates (subject to hydrolysis) is 1. The van der Waals surface area contributed by atoms with Crippen LogP contribution in [0.25, 0.3) is 0 Å². The van der Waals surface area contributed by atoms with Crippen LogP contribution in [0.15, 0.2) is 24.3 Å². The summed E-state index contributed by atoms with van der Waals surface area (Å²) in [7, 11) is 1.39. The summed E-state index contributed by atoms with van der Waals surface area (Å²) in [5, 5.41) is 2.81. The molecule has 1 amide bonds. The van der Waals surface area contributed by atoms with Gasteiger partial charge in [0.05, 0.1) is 19.8 Å². The lowest BCUT2D eigenvalue weighted by molar-refractivity contribution is 0.163. The molecular formula is C16H24N2O3. The number of carbonyl (C=O) groups excluding carboxylic acids is 1. The first kappa shape index (κ1) is 15.6. The predicted octanol–water partition coefficient (Wildman–Crippen LogP) is 2.58. The van der Waals surface area contributed by atoms with Gasteiger partial charge in [0.15, 0.2) is 0 Å². The van der Waals surface area contributed by atoms with Gasteiger partial charge >= 0.3 is 6.09 Å². The van der Waals surface area contributed by atoms with Crippen molar-refractivity contribution in [2.45, 2.75) is 25.8 Å². The Morgan fingerprint density at radius 2 is 1.95 bits per heavy atom. The molecule has 1 fully saturated rings. The standard InChI is InChI=1S/C16H24N2O3/c1-3-21-14-8-6-13(7-9-14)15(12-17-16(19)20-2)18-10-4-5-11-18/h6-9,15H,3-5,10-12H2,1-2H3,(H,17,19). The van der Waals surface area contributed by atoms with Crippen molar-refractivity contribution in [2.24, 2.45) is 0 Å². The SMILES string of the molecule is CCOc1ccc(C(CNC(=O)OC)N2CCCC2)cc1. The fourth-order valence-electron chi connectivity index (χ4n) is 2.72. The largest absolute Gasteiger partial charge is 0.494 e. The summed E-state index contributed by atoms with van der Waals surface area (Å²) < 4.78 is 10.1. The zero-order valence-corrected chi connectivity index (χ0v) is 12.8. The summed E-state index contributed by atoms with van der Waals surface area (Å²) in [4.78, 5) is 13.7. The number of hydrogen-bond acceptors (Lipinski definition) is 4. The average Bonchev–Trinajstić information content (AvgIpc) is 3.03. The molecule has 1 atom stereocenters. The van der Waals surface area contributed by atoms with Gasteiger partial charge < -0.3 is 14.8 Å². The van der Waals surface area contributed by atoms with Crippen LogP contribution in [0.5, 0.6) is 5.75 Å². The molecule has 5 heteroatoms. The van der Waals surface area contributed by atoms with Gasteiger partial charge in [-0.25, -0.2) is 4.79 Å². The van der Waals surface area contributed by atoms with E-state index in [0.717, 1.165) is 18.8 Å². The highest BCUT2D eigenvalue weighted by Crippen LogP contribution is 2.26. The summed E-state index contributed by atoms with van der Waals surface area (Å²) in [5.74, 6) is 0.877. The number of benzene rings is 1. The molecule has 116 valence electrons. The molecule has 0 saturated carbocycles. The number of amides is 1. The maximum absolute atomic E-state index is 11.3. The minimum Gasteiger partial charge on any atom is -0.494 e. The number of hydrogen-bond donors (Lipinski definition) is 1. The normalized spacial score (nSPS) is 16.5. The van der Waals surface area contributed by atoms with Gasteiger partial charge in [0.25, 0.3) is 0 Å². The zero-order chi connectivity index (χ0) is 15.1. The molecule has 1 aromatic carbocycles. The van der Waals surface area contributed by atoms with Gasteiger partial charge in [-0.1, -0.05) is 12.1 Å². The van der Waals surface area contributed by atoms with Crippen molar-refractivity contribution in [1.82, 2.24) is 10.2 Å². The predicted molar refractivity (Wildman–Crippen MR) is 81.6 cm³/mol. The summed E-state index contributed by atoms with van der Waals surface area (Å²) >= 11 is 0. The van der Waals surface area contributed by atoms with Crippen molar-refractivity contribution in [3.63, 3.8) is 0 Å². The molecule has 0 spiro atoms. The maximum Gasteiger partial charge on any atom is 0.406 e. The molecule has 1 aliphatic heterocycles. The monoisotopic (exact) mass is 292 g/mol. The third-order valence-corrected chi connectivity index (χ3v) is 3.78. The van der Waals surface area contributed by atoms with Crippen molar-refractivity contribution in [3.05, 3.63) is 29.8 Å². The first-order valence-electron chi connectivity index (χ1n) is 7.53. The Kier molecular flexibility index (Phi) is 5.87. The topological polar surface area (TPSA) is 50.8 Å². The first-order chi connectivity index (χ1) is 10.2. The lowest BCUT2D eigenvalue weighted by Gasteiger charge is -2.28. The van der Waals surface area contributed by atoms with Gasteiger partial charge in [0.1, 0.15) is 5.75 Å². The van der Waals surface area contributed by atoms with E-state index >= 15 is 0 Å². The van der Waals surface area contributed by atoms with Gasteiger partial charge in [-0.15, -0.1) is 0 Å². The van der Waals surface area contributed by atoms with Crippen molar-refractivity contribution in [3.8, 4) is 5.75 Å². The van der Waals surface area contributed by atoms with E-state index in [1.165, 1.54) is 25.5 Å². The van der Waals surface area contributed by atoms with E-state index in [1.54, 1.807) is 0 Å². The highest BCUT2D eigenvalue weighted by atomic mass is 16.5. The minimum atomic E-state index is -0.384.